The molecule has 16 heavy (non-hydrogen) atoms. The average molecular weight is 282 g/mol. The van der Waals surface area contributed by atoms with E-state index in [1.165, 1.54) is 0 Å². The van der Waals surface area contributed by atoms with E-state index in [2.05, 4.69) is 10.6 Å². The maximum Gasteiger partial charge on any atom is 0.394 e. The second kappa shape index (κ2) is 8.77. The minimum absolute atomic E-state index is 1.14. The Morgan fingerprint density at radius 3 is 0.812 bits per heavy atom. The summed E-state index contributed by atoms with van der Waals surface area (Å²) in [7, 11) is -9.33. The van der Waals surface area contributed by atoms with Crippen LogP contribution in [0.4, 0.5) is 0 Å². The quantitative estimate of drug-likeness (QED) is 0.269. The highest BCUT2D eigenvalue weighted by atomic mass is 32.3. The maximum absolute atomic E-state index is 8.74. The van der Waals surface area contributed by atoms with Crippen molar-refractivity contribution in [3.63, 3.8) is 0 Å². The van der Waals surface area contributed by atoms with E-state index in [1.807, 2.05) is 0 Å². The molecule has 10 nitrogen and oxygen atoms in total. The Kier molecular flexibility index (Phi) is 9.89. The van der Waals surface area contributed by atoms with Gasteiger partial charge in [-0.1, -0.05) is 0 Å². The summed E-state index contributed by atoms with van der Waals surface area (Å²) in [6.07, 6.45) is 0. The lowest BCUT2D eigenvalue weighted by Gasteiger charge is -2.11. The Hall–Kier alpha value is -0.340. The first-order chi connectivity index (χ1) is 7.00. The predicted octanol–water partition coefficient (Wildman–Crippen LogP) is -2.13. The molecular weight excluding hydrogens is 268 g/mol. The number of rotatable bonds is 0. The van der Waals surface area contributed by atoms with E-state index in [0.717, 1.165) is 26.2 Å². The summed E-state index contributed by atoms with van der Waals surface area (Å²) in [5.41, 5.74) is 0. The zero-order valence-corrected chi connectivity index (χ0v) is 9.70. The molecule has 0 atom stereocenters. The minimum Gasteiger partial charge on any atom is -0.314 e. The molecule has 0 spiro atoms. The molecule has 0 aromatic rings. The van der Waals surface area contributed by atoms with Gasteiger partial charge in [0.25, 0.3) is 0 Å². The van der Waals surface area contributed by atoms with Crippen LogP contribution in [0, 0.1) is 0 Å². The fraction of sp³-hybridized carbons (Fsp3) is 1.00. The standard InChI is InChI=1S/C4H10N2.2H2O4S/c1-2-6-4-3-5-1;2*1-5(2,3)4/h5-6H,1-4H2;2*(H2,1,2,3,4). The molecule has 1 aliphatic rings. The molecule has 1 aliphatic heterocycles. The van der Waals surface area contributed by atoms with E-state index in [0.29, 0.717) is 0 Å². The molecular formula is C4H14N2O8S2. The molecule has 1 rings (SSSR count). The molecule has 1 fully saturated rings. The van der Waals surface area contributed by atoms with Crippen LogP contribution >= 0.6 is 0 Å². The second-order valence-electron chi connectivity index (χ2n) is 2.40. The Labute approximate surface area is 93.2 Å². The molecule has 0 amide bonds. The van der Waals surface area contributed by atoms with Crippen LogP contribution in [0.1, 0.15) is 0 Å². The fourth-order valence-corrected chi connectivity index (χ4v) is 0.604. The average Bonchev–Trinajstić information content (AvgIpc) is 2.01. The third kappa shape index (κ3) is 68.3. The van der Waals surface area contributed by atoms with E-state index < -0.39 is 20.8 Å². The van der Waals surface area contributed by atoms with E-state index in [1.54, 1.807) is 0 Å². The first kappa shape index (κ1) is 18.0. The van der Waals surface area contributed by atoms with Gasteiger partial charge < -0.3 is 10.6 Å². The van der Waals surface area contributed by atoms with Gasteiger partial charge in [0.1, 0.15) is 0 Å². The van der Waals surface area contributed by atoms with Crippen molar-refractivity contribution in [2.75, 3.05) is 26.2 Å². The first-order valence-corrected chi connectivity index (χ1v) is 6.61. The smallest absolute Gasteiger partial charge is 0.314 e. The molecule has 1 heterocycles. The van der Waals surface area contributed by atoms with Crippen molar-refractivity contribution in [3.05, 3.63) is 0 Å². The lowest BCUT2D eigenvalue weighted by molar-refractivity contribution is 0.378. The number of hydrogen-bond donors (Lipinski definition) is 6. The molecule has 0 unspecified atom stereocenters. The highest BCUT2D eigenvalue weighted by Crippen LogP contribution is 1.65. The minimum atomic E-state index is -4.67. The molecule has 0 aliphatic carbocycles. The molecule has 12 heteroatoms. The van der Waals surface area contributed by atoms with Crippen LogP contribution in [0.25, 0.3) is 0 Å². The van der Waals surface area contributed by atoms with Gasteiger partial charge in [0.15, 0.2) is 0 Å². The number of nitrogens with one attached hydrogen (secondary N) is 2. The van der Waals surface area contributed by atoms with Crippen molar-refractivity contribution in [2.45, 2.75) is 0 Å². The molecule has 100 valence electrons. The van der Waals surface area contributed by atoms with Gasteiger partial charge in [0, 0.05) is 26.2 Å². The van der Waals surface area contributed by atoms with Gasteiger partial charge in [-0.25, -0.2) is 0 Å². The highest BCUT2D eigenvalue weighted by Gasteiger charge is 1.91. The van der Waals surface area contributed by atoms with Crippen LogP contribution in [-0.2, 0) is 20.8 Å². The van der Waals surface area contributed by atoms with Gasteiger partial charge in [0.05, 0.1) is 0 Å². The molecule has 0 bridgehead atoms. The lowest BCUT2D eigenvalue weighted by Crippen LogP contribution is -2.39. The molecule has 1 saturated heterocycles. The topological polar surface area (TPSA) is 173 Å². The highest BCUT2D eigenvalue weighted by molar-refractivity contribution is 7.80. The zero-order chi connectivity index (χ0) is 13.2. The van der Waals surface area contributed by atoms with E-state index in [9.17, 15) is 0 Å². The maximum atomic E-state index is 8.74. The summed E-state index contributed by atoms with van der Waals surface area (Å²) in [6.45, 7) is 4.56. The zero-order valence-electron chi connectivity index (χ0n) is 8.07. The second-order valence-corrected chi connectivity index (χ2v) is 4.19. The summed E-state index contributed by atoms with van der Waals surface area (Å²) < 4.78 is 63.2. The summed E-state index contributed by atoms with van der Waals surface area (Å²) in [5, 5.41) is 6.44. The Balaban J connectivity index is 0. The van der Waals surface area contributed by atoms with Gasteiger partial charge in [-0.3, -0.25) is 18.2 Å². The van der Waals surface area contributed by atoms with E-state index >= 15 is 0 Å². The first-order valence-electron chi connectivity index (χ1n) is 3.81. The molecule has 0 radical (unpaired) electrons. The van der Waals surface area contributed by atoms with E-state index in [-0.39, 0.29) is 0 Å². The van der Waals surface area contributed by atoms with Gasteiger partial charge in [-0.2, -0.15) is 16.8 Å². The van der Waals surface area contributed by atoms with Gasteiger partial charge in [-0.05, 0) is 0 Å². The predicted molar refractivity (Wildman–Crippen MR) is 54.1 cm³/mol. The van der Waals surface area contributed by atoms with Crippen molar-refractivity contribution in [2.24, 2.45) is 0 Å². The van der Waals surface area contributed by atoms with Crippen LogP contribution in [0.15, 0.2) is 0 Å². The van der Waals surface area contributed by atoms with Crippen molar-refractivity contribution in [3.8, 4) is 0 Å². The fourth-order valence-electron chi connectivity index (χ4n) is 0.604. The third-order valence-electron chi connectivity index (χ3n) is 0.957. The largest absolute Gasteiger partial charge is 0.394 e. The van der Waals surface area contributed by atoms with Crippen molar-refractivity contribution in [1.29, 1.82) is 0 Å². The summed E-state index contributed by atoms with van der Waals surface area (Å²) >= 11 is 0. The Morgan fingerprint density at radius 2 is 0.750 bits per heavy atom. The molecule has 0 aromatic heterocycles. The van der Waals surface area contributed by atoms with Crippen LogP contribution < -0.4 is 10.6 Å². The van der Waals surface area contributed by atoms with Gasteiger partial charge in [-0.15, -0.1) is 0 Å². The third-order valence-corrected chi connectivity index (χ3v) is 0.957. The summed E-state index contributed by atoms with van der Waals surface area (Å²) in [4.78, 5) is 0. The molecule has 6 N–H and O–H groups in total. The SMILES string of the molecule is C1CNCCN1.O=S(=O)(O)O.O=S(=O)(O)O. The molecule has 0 aromatic carbocycles. The number of piperazine rings is 1. The Morgan fingerprint density at radius 1 is 0.625 bits per heavy atom. The molecule has 0 saturated carbocycles. The lowest BCUT2D eigenvalue weighted by atomic mass is 10.4. The van der Waals surface area contributed by atoms with Crippen molar-refractivity contribution in [1.82, 2.24) is 10.6 Å². The van der Waals surface area contributed by atoms with Crippen LogP contribution in [-0.4, -0.2) is 61.2 Å². The van der Waals surface area contributed by atoms with Gasteiger partial charge in [0.2, 0.25) is 0 Å². The van der Waals surface area contributed by atoms with Gasteiger partial charge >= 0.3 is 20.8 Å². The summed E-state index contributed by atoms with van der Waals surface area (Å²) in [5.74, 6) is 0. The van der Waals surface area contributed by atoms with Crippen LogP contribution in [0.5, 0.6) is 0 Å². The van der Waals surface area contributed by atoms with Crippen LogP contribution in [0.3, 0.4) is 0 Å². The number of hydrogen-bond acceptors (Lipinski definition) is 6. The van der Waals surface area contributed by atoms with E-state index in [4.69, 9.17) is 35.0 Å². The normalized spacial score (nSPS) is 16.2. The van der Waals surface area contributed by atoms with Crippen molar-refractivity contribution < 1.29 is 35.0 Å². The van der Waals surface area contributed by atoms with Crippen molar-refractivity contribution >= 4 is 20.8 Å². The Bertz CT molecular complexity index is 287. The van der Waals surface area contributed by atoms with Crippen LogP contribution in [0.2, 0.25) is 0 Å². The monoisotopic (exact) mass is 282 g/mol. The summed E-state index contributed by atoms with van der Waals surface area (Å²) in [6, 6.07) is 0.